The molecule has 0 amide bonds. The van der Waals surface area contributed by atoms with Gasteiger partial charge in [0.1, 0.15) is 0 Å². The molecule has 3 nitrogen and oxygen atoms in total. The van der Waals surface area contributed by atoms with E-state index in [0.29, 0.717) is 13.2 Å². The molecule has 0 aromatic heterocycles. The van der Waals surface area contributed by atoms with E-state index in [9.17, 15) is 5.11 Å². The minimum Gasteiger partial charge on any atom is -0.494 e. The molecule has 0 unspecified atom stereocenters. The van der Waals surface area contributed by atoms with Crippen molar-refractivity contribution in [3.63, 3.8) is 0 Å². The van der Waals surface area contributed by atoms with Gasteiger partial charge in [-0.05, 0) is 47.5 Å². The summed E-state index contributed by atoms with van der Waals surface area (Å²) in [6, 6.07) is 29.0. The monoisotopic (exact) mass is 473 g/mol. The molecule has 34 heavy (non-hydrogen) atoms. The lowest BCUT2D eigenvalue weighted by Crippen LogP contribution is -2.67. The fraction of sp³-hybridized carbons (Fsp3) is 0.333. The van der Waals surface area contributed by atoms with E-state index in [2.05, 4.69) is 109 Å². The van der Waals surface area contributed by atoms with Crippen molar-refractivity contribution in [3.8, 4) is 0 Å². The van der Waals surface area contributed by atoms with Crippen LogP contribution in [0.5, 0.6) is 0 Å². The van der Waals surface area contributed by atoms with E-state index < -0.39 is 8.32 Å². The second-order valence-electron chi connectivity index (χ2n) is 10.8. The molecule has 180 valence electrons. The van der Waals surface area contributed by atoms with Crippen molar-refractivity contribution in [2.24, 2.45) is 0 Å². The molecule has 0 saturated heterocycles. The number of rotatable bonds is 7. The molecule has 3 aromatic carbocycles. The summed E-state index contributed by atoms with van der Waals surface area (Å²) in [6.07, 6.45) is 0. The fourth-order valence-corrected chi connectivity index (χ4v) is 9.25. The Labute approximate surface area is 206 Å². The Morgan fingerprint density at radius 3 is 1.71 bits per heavy atom. The van der Waals surface area contributed by atoms with Crippen LogP contribution < -0.4 is 20.8 Å². The first-order valence-corrected chi connectivity index (χ1v) is 13.9. The van der Waals surface area contributed by atoms with Crippen molar-refractivity contribution in [3.05, 3.63) is 95.4 Å². The first-order chi connectivity index (χ1) is 16.0. The van der Waals surface area contributed by atoms with Gasteiger partial charge in [0, 0.05) is 17.3 Å². The van der Waals surface area contributed by atoms with Gasteiger partial charge < -0.3 is 14.4 Å². The van der Waals surface area contributed by atoms with Gasteiger partial charge in [0.25, 0.3) is 8.32 Å². The Balaban J connectivity index is 2.04. The standard InChI is InChI=1S/C30H39NO2Si/c1-24-16-14-15-21-27(24)28(32)31(29(2,3)4)22-23-33-34(30(5,6)7,25-17-10-8-11-18-25)26-19-12-9-13-20-26/h8-21,32H,1,22-23H2,2-7H3/b28-27-. The third kappa shape index (κ3) is 5.29. The first-order valence-electron chi connectivity index (χ1n) is 12.0. The highest BCUT2D eigenvalue weighted by molar-refractivity contribution is 6.99. The van der Waals surface area contributed by atoms with Crippen LogP contribution in [0.25, 0.3) is 12.5 Å². The molecule has 0 aliphatic carbocycles. The van der Waals surface area contributed by atoms with Gasteiger partial charge in [0.05, 0.1) is 6.61 Å². The van der Waals surface area contributed by atoms with Gasteiger partial charge >= 0.3 is 0 Å². The van der Waals surface area contributed by atoms with Gasteiger partial charge in [-0.3, -0.25) is 0 Å². The minimum absolute atomic E-state index is 0.0893. The summed E-state index contributed by atoms with van der Waals surface area (Å²) in [4.78, 5) is 2.02. The Kier molecular flexibility index (Phi) is 7.74. The van der Waals surface area contributed by atoms with Gasteiger partial charge in [-0.2, -0.15) is 0 Å². The number of hydrogen-bond acceptors (Lipinski definition) is 3. The van der Waals surface area contributed by atoms with E-state index in [1.807, 2.05) is 29.2 Å². The van der Waals surface area contributed by atoms with E-state index >= 15 is 0 Å². The van der Waals surface area contributed by atoms with Crippen LogP contribution in [-0.4, -0.2) is 37.0 Å². The van der Waals surface area contributed by atoms with Crippen LogP contribution in [-0.2, 0) is 4.43 Å². The predicted octanol–water partition coefficient (Wildman–Crippen LogP) is 4.40. The summed E-state index contributed by atoms with van der Waals surface area (Å²) in [5, 5.41) is 15.3. The average molecular weight is 474 g/mol. The number of aliphatic hydroxyl groups excluding tert-OH is 1. The maximum atomic E-state index is 11.3. The molecule has 0 aliphatic rings. The summed E-state index contributed by atoms with van der Waals surface area (Å²) in [7, 11) is -2.63. The molecule has 3 aromatic rings. The Morgan fingerprint density at radius 1 is 0.794 bits per heavy atom. The lowest BCUT2D eigenvalue weighted by Gasteiger charge is -2.44. The van der Waals surface area contributed by atoms with Crippen LogP contribution >= 0.6 is 0 Å². The number of aliphatic hydroxyl groups is 1. The van der Waals surface area contributed by atoms with Crippen molar-refractivity contribution in [1.82, 2.24) is 4.90 Å². The van der Waals surface area contributed by atoms with Crippen molar-refractivity contribution in [2.45, 2.75) is 52.1 Å². The van der Waals surface area contributed by atoms with E-state index in [1.165, 1.54) is 10.4 Å². The average Bonchev–Trinajstić information content (AvgIpc) is 2.79. The second kappa shape index (κ2) is 10.2. The molecule has 0 saturated carbocycles. The zero-order valence-electron chi connectivity index (χ0n) is 21.5. The van der Waals surface area contributed by atoms with E-state index in [0.717, 1.165) is 10.4 Å². The highest BCUT2D eigenvalue weighted by Crippen LogP contribution is 2.36. The normalized spacial score (nSPS) is 13.5. The third-order valence-electron chi connectivity index (χ3n) is 6.37. The highest BCUT2D eigenvalue weighted by atomic mass is 28.4. The van der Waals surface area contributed by atoms with Crippen LogP contribution in [0.2, 0.25) is 5.04 Å². The lowest BCUT2D eigenvalue weighted by atomic mass is 10.1. The van der Waals surface area contributed by atoms with Crippen LogP contribution in [0.15, 0.2) is 84.9 Å². The fourth-order valence-electron chi connectivity index (χ4n) is 4.69. The van der Waals surface area contributed by atoms with Gasteiger partial charge in [-0.1, -0.05) is 106 Å². The van der Waals surface area contributed by atoms with E-state index in [1.54, 1.807) is 0 Å². The van der Waals surface area contributed by atoms with Gasteiger partial charge in [0.15, 0.2) is 5.88 Å². The van der Waals surface area contributed by atoms with E-state index in [-0.39, 0.29) is 16.5 Å². The molecular weight excluding hydrogens is 434 g/mol. The Bertz CT molecular complexity index is 1140. The largest absolute Gasteiger partial charge is 0.494 e. The zero-order chi connectivity index (χ0) is 25.0. The molecule has 0 radical (unpaired) electrons. The number of hydrogen-bond donors (Lipinski definition) is 1. The maximum Gasteiger partial charge on any atom is 0.261 e. The van der Waals surface area contributed by atoms with Crippen molar-refractivity contribution in [2.75, 3.05) is 13.2 Å². The third-order valence-corrected chi connectivity index (χ3v) is 11.4. The van der Waals surface area contributed by atoms with Crippen LogP contribution in [0, 0.1) is 0 Å². The van der Waals surface area contributed by atoms with E-state index in [4.69, 9.17) is 4.43 Å². The molecule has 1 N–H and O–H groups in total. The molecular formula is C30H39NO2Si. The first kappa shape index (κ1) is 25.8. The minimum atomic E-state index is -2.63. The molecule has 3 rings (SSSR count). The molecule has 0 spiro atoms. The topological polar surface area (TPSA) is 32.7 Å². The highest BCUT2D eigenvalue weighted by Gasteiger charge is 2.50. The van der Waals surface area contributed by atoms with Crippen molar-refractivity contribution in [1.29, 1.82) is 0 Å². The molecule has 0 heterocycles. The summed E-state index contributed by atoms with van der Waals surface area (Å²) in [6.45, 7) is 18.3. The molecule has 0 atom stereocenters. The quantitative estimate of drug-likeness (QED) is 0.517. The summed E-state index contributed by atoms with van der Waals surface area (Å²) >= 11 is 0. The number of benzene rings is 3. The number of nitrogens with zero attached hydrogens (tertiary/aromatic N) is 1. The van der Waals surface area contributed by atoms with Crippen LogP contribution in [0.4, 0.5) is 0 Å². The summed E-state index contributed by atoms with van der Waals surface area (Å²) in [5.41, 5.74) is -0.291. The zero-order valence-corrected chi connectivity index (χ0v) is 22.5. The van der Waals surface area contributed by atoms with Gasteiger partial charge in [-0.15, -0.1) is 0 Å². The Hall–Kier alpha value is -2.82. The van der Waals surface area contributed by atoms with Gasteiger partial charge in [-0.25, -0.2) is 0 Å². The molecule has 0 fully saturated rings. The predicted molar refractivity (Wildman–Crippen MR) is 147 cm³/mol. The van der Waals surface area contributed by atoms with Gasteiger partial charge in [0.2, 0.25) is 0 Å². The molecule has 0 bridgehead atoms. The molecule has 4 heteroatoms. The van der Waals surface area contributed by atoms with Crippen molar-refractivity contribution < 1.29 is 9.53 Å². The summed E-state index contributed by atoms with van der Waals surface area (Å²) in [5.74, 6) is 0.240. The molecule has 0 aliphatic heterocycles. The smallest absolute Gasteiger partial charge is 0.261 e. The SMILES string of the molecule is C=c1cccc/c1=C(/O)N(CCO[Si](c1ccccc1)(c1ccccc1)C(C)(C)C)C(C)(C)C. The Morgan fingerprint density at radius 2 is 1.26 bits per heavy atom. The maximum absolute atomic E-state index is 11.3. The summed E-state index contributed by atoms with van der Waals surface area (Å²) < 4.78 is 7.07. The van der Waals surface area contributed by atoms with Crippen LogP contribution in [0.1, 0.15) is 41.5 Å². The van der Waals surface area contributed by atoms with Crippen molar-refractivity contribution >= 4 is 31.2 Å². The second-order valence-corrected chi connectivity index (χ2v) is 15.1. The van der Waals surface area contributed by atoms with Crippen LogP contribution in [0.3, 0.4) is 0 Å². The lowest BCUT2D eigenvalue weighted by molar-refractivity contribution is 0.136.